The standard InChI is InChI=1S/C21H28N2O3/c1-16-6-5-7-18(14-16)23-12-10-22(11-13-23)15-17-8-9-19(24-2)21(26-4)20(17)25-3/h5-9,14H,10-13,15H2,1-4H3. The van der Waals surface area contributed by atoms with Gasteiger partial charge in [-0.25, -0.2) is 0 Å². The Morgan fingerprint density at radius 3 is 2.19 bits per heavy atom. The maximum absolute atomic E-state index is 5.61. The molecule has 5 nitrogen and oxygen atoms in total. The third-order valence-electron chi connectivity index (χ3n) is 4.92. The molecule has 5 heteroatoms. The number of rotatable bonds is 6. The number of benzene rings is 2. The van der Waals surface area contributed by atoms with Crippen LogP contribution < -0.4 is 19.1 Å². The molecule has 0 bridgehead atoms. The van der Waals surface area contributed by atoms with E-state index in [2.05, 4.69) is 47.1 Å². The third kappa shape index (κ3) is 3.88. The average Bonchev–Trinajstić information content (AvgIpc) is 2.68. The summed E-state index contributed by atoms with van der Waals surface area (Å²) in [7, 11) is 4.96. The number of aryl methyl sites for hydroxylation is 1. The first kappa shape index (κ1) is 18.4. The van der Waals surface area contributed by atoms with Gasteiger partial charge in [-0.3, -0.25) is 4.90 Å². The Hall–Kier alpha value is -2.40. The Kier molecular flexibility index (Phi) is 5.89. The highest BCUT2D eigenvalue weighted by atomic mass is 16.5. The molecule has 1 fully saturated rings. The van der Waals surface area contributed by atoms with E-state index in [9.17, 15) is 0 Å². The lowest BCUT2D eigenvalue weighted by Crippen LogP contribution is -2.46. The summed E-state index contributed by atoms with van der Waals surface area (Å²) in [6, 6.07) is 12.7. The first-order chi connectivity index (χ1) is 12.7. The molecule has 140 valence electrons. The van der Waals surface area contributed by atoms with E-state index >= 15 is 0 Å². The lowest BCUT2D eigenvalue weighted by atomic mass is 10.1. The summed E-state index contributed by atoms with van der Waals surface area (Å²) in [5.74, 6) is 2.11. The van der Waals surface area contributed by atoms with Crippen molar-refractivity contribution in [3.8, 4) is 17.2 Å². The fraction of sp³-hybridized carbons (Fsp3) is 0.429. The largest absolute Gasteiger partial charge is 0.493 e. The normalized spacial score (nSPS) is 15.0. The minimum absolute atomic E-state index is 0.658. The van der Waals surface area contributed by atoms with Crippen LogP contribution in [0, 0.1) is 6.92 Å². The van der Waals surface area contributed by atoms with Crippen LogP contribution in [0.1, 0.15) is 11.1 Å². The number of hydrogen-bond donors (Lipinski definition) is 0. The molecule has 0 saturated carbocycles. The van der Waals surface area contributed by atoms with E-state index in [0.717, 1.165) is 44.0 Å². The number of piperazine rings is 1. The van der Waals surface area contributed by atoms with Crippen molar-refractivity contribution < 1.29 is 14.2 Å². The average molecular weight is 356 g/mol. The third-order valence-corrected chi connectivity index (χ3v) is 4.92. The van der Waals surface area contributed by atoms with Crippen molar-refractivity contribution in [3.63, 3.8) is 0 Å². The number of hydrogen-bond acceptors (Lipinski definition) is 5. The summed E-state index contributed by atoms with van der Waals surface area (Å²) in [5, 5.41) is 0. The molecule has 26 heavy (non-hydrogen) atoms. The van der Waals surface area contributed by atoms with E-state index in [1.807, 2.05) is 6.07 Å². The van der Waals surface area contributed by atoms with Gasteiger partial charge in [-0.15, -0.1) is 0 Å². The Morgan fingerprint density at radius 2 is 1.58 bits per heavy atom. The molecule has 0 radical (unpaired) electrons. The van der Waals surface area contributed by atoms with E-state index in [1.54, 1.807) is 21.3 Å². The van der Waals surface area contributed by atoms with E-state index in [0.29, 0.717) is 11.5 Å². The van der Waals surface area contributed by atoms with E-state index in [4.69, 9.17) is 14.2 Å². The summed E-state index contributed by atoms with van der Waals surface area (Å²) in [5.41, 5.74) is 3.74. The zero-order valence-electron chi connectivity index (χ0n) is 16.1. The van der Waals surface area contributed by atoms with Crippen LogP contribution in [0.25, 0.3) is 0 Å². The van der Waals surface area contributed by atoms with E-state index < -0.39 is 0 Å². The minimum atomic E-state index is 0.658. The molecule has 0 N–H and O–H groups in total. The van der Waals surface area contributed by atoms with Crippen molar-refractivity contribution in [1.82, 2.24) is 4.90 Å². The lowest BCUT2D eigenvalue weighted by molar-refractivity contribution is 0.244. The molecular formula is C21H28N2O3. The molecule has 1 aliphatic heterocycles. The molecule has 0 unspecified atom stereocenters. The fourth-order valence-electron chi connectivity index (χ4n) is 3.52. The van der Waals surface area contributed by atoms with Gasteiger partial charge in [0.1, 0.15) is 0 Å². The van der Waals surface area contributed by atoms with Gasteiger partial charge in [0.15, 0.2) is 11.5 Å². The molecule has 0 amide bonds. The Bertz CT molecular complexity index is 740. The van der Waals surface area contributed by atoms with Crippen molar-refractivity contribution in [2.24, 2.45) is 0 Å². The van der Waals surface area contributed by atoms with Gasteiger partial charge in [0.25, 0.3) is 0 Å². The highest BCUT2D eigenvalue weighted by Gasteiger charge is 2.21. The SMILES string of the molecule is COc1ccc(CN2CCN(c3cccc(C)c3)CC2)c(OC)c1OC. The zero-order chi connectivity index (χ0) is 18.5. The van der Waals surface area contributed by atoms with Crippen molar-refractivity contribution >= 4 is 5.69 Å². The van der Waals surface area contributed by atoms with Crippen LogP contribution in [0.15, 0.2) is 36.4 Å². The highest BCUT2D eigenvalue weighted by molar-refractivity contribution is 5.56. The topological polar surface area (TPSA) is 34.2 Å². The monoisotopic (exact) mass is 356 g/mol. The van der Waals surface area contributed by atoms with Crippen LogP contribution >= 0.6 is 0 Å². The summed E-state index contributed by atoms with van der Waals surface area (Å²) in [6.45, 7) is 7.07. The second kappa shape index (κ2) is 8.32. The molecule has 2 aromatic carbocycles. The van der Waals surface area contributed by atoms with Gasteiger partial charge in [-0.2, -0.15) is 0 Å². The van der Waals surface area contributed by atoms with Gasteiger partial charge in [-0.05, 0) is 30.7 Å². The molecule has 1 saturated heterocycles. The molecule has 2 aromatic rings. The van der Waals surface area contributed by atoms with Crippen LogP contribution in [-0.4, -0.2) is 52.4 Å². The number of methoxy groups -OCH3 is 3. The second-order valence-corrected chi connectivity index (χ2v) is 6.60. The van der Waals surface area contributed by atoms with Gasteiger partial charge < -0.3 is 19.1 Å². The molecular weight excluding hydrogens is 328 g/mol. The fourth-order valence-corrected chi connectivity index (χ4v) is 3.52. The van der Waals surface area contributed by atoms with Crippen LogP contribution in [0.4, 0.5) is 5.69 Å². The second-order valence-electron chi connectivity index (χ2n) is 6.60. The van der Waals surface area contributed by atoms with Gasteiger partial charge in [0.2, 0.25) is 5.75 Å². The van der Waals surface area contributed by atoms with Gasteiger partial charge in [-0.1, -0.05) is 18.2 Å². The van der Waals surface area contributed by atoms with Crippen molar-refractivity contribution in [1.29, 1.82) is 0 Å². The quantitative estimate of drug-likeness (QED) is 0.793. The first-order valence-electron chi connectivity index (χ1n) is 8.98. The van der Waals surface area contributed by atoms with Crippen LogP contribution in [0.3, 0.4) is 0 Å². The molecule has 0 aliphatic carbocycles. The first-order valence-corrected chi connectivity index (χ1v) is 8.98. The van der Waals surface area contributed by atoms with E-state index in [-0.39, 0.29) is 0 Å². The summed E-state index contributed by atoms with van der Waals surface area (Å²) >= 11 is 0. The highest BCUT2D eigenvalue weighted by Crippen LogP contribution is 2.40. The molecule has 0 aromatic heterocycles. The smallest absolute Gasteiger partial charge is 0.203 e. The van der Waals surface area contributed by atoms with E-state index in [1.165, 1.54) is 11.3 Å². The van der Waals surface area contributed by atoms with Crippen molar-refractivity contribution in [2.45, 2.75) is 13.5 Å². The van der Waals surface area contributed by atoms with Crippen molar-refractivity contribution in [2.75, 3.05) is 52.4 Å². The summed E-state index contributed by atoms with van der Waals surface area (Å²) < 4.78 is 16.5. The summed E-state index contributed by atoms with van der Waals surface area (Å²) in [4.78, 5) is 4.91. The molecule has 3 rings (SSSR count). The molecule has 0 atom stereocenters. The maximum atomic E-state index is 5.61. The predicted molar refractivity (Wildman–Crippen MR) is 105 cm³/mol. The molecule has 1 heterocycles. The zero-order valence-corrected chi connectivity index (χ0v) is 16.1. The van der Waals surface area contributed by atoms with Crippen LogP contribution in [-0.2, 0) is 6.54 Å². The summed E-state index contributed by atoms with van der Waals surface area (Å²) in [6.07, 6.45) is 0. The maximum Gasteiger partial charge on any atom is 0.203 e. The Morgan fingerprint density at radius 1 is 0.846 bits per heavy atom. The predicted octanol–water partition coefficient (Wildman–Crippen LogP) is 3.34. The Labute approximate surface area is 156 Å². The van der Waals surface area contributed by atoms with Crippen LogP contribution in [0.5, 0.6) is 17.2 Å². The van der Waals surface area contributed by atoms with Gasteiger partial charge in [0.05, 0.1) is 21.3 Å². The number of nitrogens with zero attached hydrogens (tertiary/aromatic N) is 2. The number of ether oxygens (including phenoxy) is 3. The Balaban J connectivity index is 1.68. The molecule has 0 spiro atoms. The van der Waals surface area contributed by atoms with Gasteiger partial charge in [0, 0.05) is 44.0 Å². The van der Waals surface area contributed by atoms with Crippen LogP contribution in [0.2, 0.25) is 0 Å². The van der Waals surface area contributed by atoms with Crippen molar-refractivity contribution in [3.05, 3.63) is 47.5 Å². The molecule has 1 aliphatic rings. The van der Waals surface area contributed by atoms with Gasteiger partial charge >= 0.3 is 0 Å². The minimum Gasteiger partial charge on any atom is -0.493 e. The lowest BCUT2D eigenvalue weighted by Gasteiger charge is -2.36. The number of anilines is 1.